The Bertz CT molecular complexity index is 386. The van der Waals surface area contributed by atoms with Crippen molar-refractivity contribution in [2.45, 2.75) is 51.7 Å². The van der Waals surface area contributed by atoms with Crippen molar-refractivity contribution in [3.63, 3.8) is 0 Å². The number of benzene rings is 1. The van der Waals surface area contributed by atoms with Crippen LogP contribution in [0.15, 0.2) is 24.3 Å². The first kappa shape index (κ1) is 15.8. The van der Waals surface area contributed by atoms with Gasteiger partial charge in [-0.1, -0.05) is 56.8 Å². The van der Waals surface area contributed by atoms with E-state index in [9.17, 15) is 0 Å². The molecule has 0 spiro atoms. The van der Waals surface area contributed by atoms with Crippen LogP contribution in [-0.2, 0) is 4.74 Å². The highest BCUT2D eigenvalue weighted by Gasteiger charge is 2.18. The van der Waals surface area contributed by atoms with Crippen LogP contribution in [0.3, 0.4) is 0 Å². The highest BCUT2D eigenvalue weighted by Crippen LogP contribution is 2.30. The van der Waals surface area contributed by atoms with E-state index in [1.807, 2.05) is 12.1 Å². The van der Waals surface area contributed by atoms with Crippen LogP contribution in [0.1, 0.15) is 51.2 Å². The maximum absolute atomic E-state index is 6.12. The Morgan fingerprint density at radius 3 is 2.50 bits per heavy atom. The lowest BCUT2D eigenvalue weighted by Crippen LogP contribution is -2.29. The van der Waals surface area contributed by atoms with E-state index < -0.39 is 0 Å². The molecule has 0 heterocycles. The molecule has 1 fully saturated rings. The van der Waals surface area contributed by atoms with E-state index in [2.05, 4.69) is 31.3 Å². The number of halogens is 1. The molecule has 0 saturated heterocycles. The molecule has 1 aliphatic carbocycles. The Morgan fingerprint density at radius 2 is 1.95 bits per heavy atom. The number of ether oxygens (including phenoxy) is 1. The van der Waals surface area contributed by atoms with Gasteiger partial charge in [-0.3, -0.25) is 0 Å². The Balaban J connectivity index is 1.86. The van der Waals surface area contributed by atoms with Crippen molar-refractivity contribution >= 4 is 11.6 Å². The lowest BCUT2D eigenvalue weighted by Gasteiger charge is -2.27. The zero-order chi connectivity index (χ0) is 14.4. The smallest absolute Gasteiger partial charge is 0.0949 e. The van der Waals surface area contributed by atoms with E-state index in [4.69, 9.17) is 16.3 Å². The van der Waals surface area contributed by atoms with Crippen molar-refractivity contribution in [1.82, 2.24) is 5.32 Å². The third kappa shape index (κ3) is 5.08. The summed E-state index contributed by atoms with van der Waals surface area (Å²) in [6, 6.07) is 8.49. The van der Waals surface area contributed by atoms with Crippen LogP contribution < -0.4 is 5.32 Å². The second-order valence-electron chi connectivity index (χ2n) is 6.06. The topological polar surface area (TPSA) is 21.3 Å². The van der Waals surface area contributed by atoms with Crippen LogP contribution in [-0.4, -0.2) is 19.2 Å². The number of rotatable bonds is 8. The molecule has 112 valence electrons. The molecule has 2 nitrogen and oxygen atoms in total. The van der Waals surface area contributed by atoms with E-state index in [1.165, 1.54) is 31.2 Å². The molecule has 2 rings (SSSR count). The third-order valence-corrected chi connectivity index (χ3v) is 4.28. The molecule has 1 saturated carbocycles. The molecule has 1 atom stereocenters. The minimum Gasteiger partial charge on any atom is -0.372 e. The average Bonchev–Trinajstić information content (AvgIpc) is 2.37. The summed E-state index contributed by atoms with van der Waals surface area (Å²) in [5.74, 6) is 0.902. The first-order chi connectivity index (χ1) is 9.65. The van der Waals surface area contributed by atoms with Crippen molar-refractivity contribution in [3.05, 3.63) is 34.9 Å². The Kier molecular flexibility index (Phi) is 6.34. The quantitative estimate of drug-likeness (QED) is 0.757. The maximum Gasteiger partial charge on any atom is 0.0949 e. The molecule has 1 aromatic carbocycles. The molecule has 20 heavy (non-hydrogen) atoms. The van der Waals surface area contributed by atoms with Gasteiger partial charge in [0, 0.05) is 24.2 Å². The van der Waals surface area contributed by atoms with Crippen molar-refractivity contribution in [3.8, 4) is 0 Å². The predicted molar refractivity (Wildman–Crippen MR) is 85.2 cm³/mol. The molecule has 1 aliphatic rings. The summed E-state index contributed by atoms with van der Waals surface area (Å²) < 4.78 is 6.12. The van der Waals surface area contributed by atoms with Gasteiger partial charge in [0.05, 0.1) is 6.10 Å². The van der Waals surface area contributed by atoms with Crippen molar-refractivity contribution < 1.29 is 4.74 Å². The summed E-state index contributed by atoms with van der Waals surface area (Å²) in [7, 11) is 0. The lowest BCUT2D eigenvalue weighted by atomic mass is 9.83. The SMILES string of the molecule is CC(C)NCC(OCCC1CCC1)c1ccc(Cl)cc1. The number of nitrogens with one attached hydrogen (secondary N) is 1. The van der Waals surface area contributed by atoms with Crippen LogP contribution in [0.25, 0.3) is 0 Å². The summed E-state index contributed by atoms with van der Waals surface area (Å²) in [6.07, 6.45) is 5.50. The monoisotopic (exact) mass is 295 g/mol. The van der Waals surface area contributed by atoms with Gasteiger partial charge in [-0.2, -0.15) is 0 Å². The van der Waals surface area contributed by atoms with Gasteiger partial charge >= 0.3 is 0 Å². The molecule has 1 aromatic rings. The summed E-state index contributed by atoms with van der Waals surface area (Å²) in [6.45, 7) is 6.03. The standard InChI is InChI=1S/C17H26ClNO/c1-13(2)19-12-17(15-6-8-16(18)9-7-15)20-11-10-14-4-3-5-14/h6-9,13-14,17,19H,3-5,10-12H2,1-2H3. The van der Waals surface area contributed by atoms with E-state index >= 15 is 0 Å². The number of hydrogen-bond donors (Lipinski definition) is 1. The minimum absolute atomic E-state index is 0.120. The summed E-state index contributed by atoms with van der Waals surface area (Å²) >= 11 is 5.96. The Labute approximate surface area is 127 Å². The van der Waals surface area contributed by atoms with Gasteiger partial charge in [-0.25, -0.2) is 0 Å². The van der Waals surface area contributed by atoms with E-state index in [-0.39, 0.29) is 6.10 Å². The van der Waals surface area contributed by atoms with E-state index in [0.717, 1.165) is 24.1 Å². The van der Waals surface area contributed by atoms with Gasteiger partial charge in [-0.15, -0.1) is 0 Å². The molecule has 1 unspecified atom stereocenters. The fourth-order valence-corrected chi connectivity index (χ4v) is 2.58. The maximum atomic E-state index is 6.12. The van der Waals surface area contributed by atoms with E-state index in [0.29, 0.717) is 6.04 Å². The van der Waals surface area contributed by atoms with Gasteiger partial charge in [0.1, 0.15) is 0 Å². The summed E-state index contributed by atoms with van der Waals surface area (Å²) in [4.78, 5) is 0. The summed E-state index contributed by atoms with van der Waals surface area (Å²) in [5, 5.41) is 4.24. The third-order valence-electron chi connectivity index (χ3n) is 4.02. The molecule has 0 aliphatic heterocycles. The van der Waals surface area contributed by atoms with Crippen LogP contribution in [0.4, 0.5) is 0 Å². The lowest BCUT2D eigenvalue weighted by molar-refractivity contribution is 0.0361. The zero-order valence-electron chi connectivity index (χ0n) is 12.6. The first-order valence-electron chi connectivity index (χ1n) is 7.75. The average molecular weight is 296 g/mol. The van der Waals surface area contributed by atoms with Crippen LogP contribution >= 0.6 is 11.6 Å². The van der Waals surface area contributed by atoms with Gasteiger partial charge in [-0.05, 0) is 30.0 Å². The second kappa shape index (κ2) is 8.02. The number of hydrogen-bond acceptors (Lipinski definition) is 2. The summed E-state index contributed by atoms with van der Waals surface area (Å²) in [5.41, 5.74) is 1.20. The fourth-order valence-electron chi connectivity index (χ4n) is 2.45. The zero-order valence-corrected chi connectivity index (χ0v) is 13.3. The Morgan fingerprint density at radius 1 is 1.25 bits per heavy atom. The molecular weight excluding hydrogens is 270 g/mol. The molecule has 0 radical (unpaired) electrons. The minimum atomic E-state index is 0.120. The van der Waals surface area contributed by atoms with Gasteiger partial charge in [0.25, 0.3) is 0 Å². The van der Waals surface area contributed by atoms with Crippen molar-refractivity contribution in [2.75, 3.05) is 13.2 Å². The van der Waals surface area contributed by atoms with Crippen LogP contribution in [0, 0.1) is 5.92 Å². The van der Waals surface area contributed by atoms with Crippen molar-refractivity contribution in [1.29, 1.82) is 0 Å². The van der Waals surface area contributed by atoms with E-state index in [1.54, 1.807) is 0 Å². The first-order valence-corrected chi connectivity index (χ1v) is 8.13. The highest BCUT2D eigenvalue weighted by molar-refractivity contribution is 6.30. The molecule has 0 bridgehead atoms. The molecular formula is C17H26ClNO. The van der Waals surface area contributed by atoms with Crippen molar-refractivity contribution in [2.24, 2.45) is 5.92 Å². The van der Waals surface area contributed by atoms with Gasteiger partial charge < -0.3 is 10.1 Å². The second-order valence-corrected chi connectivity index (χ2v) is 6.50. The fraction of sp³-hybridized carbons (Fsp3) is 0.647. The highest BCUT2D eigenvalue weighted by atomic mass is 35.5. The molecule has 3 heteroatoms. The normalized spacial score (nSPS) is 17.2. The Hall–Kier alpha value is -0.570. The van der Waals surface area contributed by atoms with Gasteiger partial charge in [0.2, 0.25) is 0 Å². The molecule has 0 amide bonds. The molecule has 0 aromatic heterocycles. The predicted octanol–water partition coefficient (Wildman–Crippen LogP) is 4.59. The van der Waals surface area contributed by atoms with Gasteiger partial charge in [0.15, 0.2) is 0 Å². The van der Waals surface area contributed by atoms with Crippen LogP contribution in [0.5, 0.6) is 0 Å². The molecule has 1 N–H and O–H groups in total. The van der Waals surface area contributed by atoms with Crippen LogP contribution in [0.2, 0.25) is 5.02 Å². The largest absolute Gasteiger partial charge is 0.372 e.